The second-order valence-corrected chi connectivity index (χ2v) is 11.9. The zero-order chi connectivity index (χ0) is 25.3. The lowest BCUT2D eigenvalue weighted by atomic mass is 9.49. The fraction of sp³-hybridized carbons (Fsp3) is 0.679. The second kappa shape index (κ2) is 10.5. The summed E-state index contributed by atoms with van der Waals surface area (Å²) in [6, 6.07) is 6.54. The second-order valence-electron chi connectivity index (χ2n) is 11.9. The summed E-state index contributed by atoms with van der Waals surface area (Å²) in [5.41, 5.74) is 1.05. The van der Waals surface area contributed by atoms with Gasteiger partial charge in [0.2, 0.25) is 17.7 Å². The van der Waals surface area contributed by atoms with Crippen molar-refractivity contribution in [2.45, 2.75) is 58.4 Å². The molecular weight excluding hydrogens is 456 g/mol. The Hall–Kier alpha value is -2.45. The zero-order valence-electron chi connectivity index (χ0n) is 21.6. The van der Waals surface area contributed by atoms with Crippen molar-refractivity contribution in [1.82, 2.24) is 10.2 Å². The summed E-state index contributed by atoms with van der Waals surface area (Å²) in [4.78, 5) is 41.1. The number of morpholine rings is 1. The number of ether oxygens (including phenoxy) is 1. The van der Waals surface area contributed by atoms with Crippen LogP contribution >= 0.6 is 0 Å². The minimum atomic E-state index is -0.585. The molecule has 5 aliphatic rings. The molecule has 1 saturated heterocycles. The molecule has 4 saturated carbocycles. The van der Waals surface area contributed by atoms with E-state index >= 15 is 0 Å². The first-order valence-electron chi connectivity index (χ1n) is 13.6. The van der Waals surface area contributed by atoms with Crippen LogP contribution in [0.15, 0.2) is 24.3 Å². The largest absolute Gasteiger partial charge is 0.379 e. The number of hydrogen-bond acceptors (Lipinski definition) is 5. The molecule has 3 N–H and O–H groups in total. The average Bonchev–Trinajstić information content (AvgIpc) is 2.83. The summed E-state index contributed by atoms with van der Waals surface area (Å²) in [6.45, 7) is 7.10. The molecule has 4 aliphatic carbocycles. The Morgan fingerprint density at radius 3 is 1.97 bits per heavy atom. The third-order valence-corrected chi connectivity index (χ3v) is 8.66. The van der Waals surface area contributed by atoms with E-state index in [2.05, 4.69) is 20.9 Å². The van der Waals surface area contributed by atoms with Crippen LogP contribution in [0.3, 0.4) is 0 Å². The van der Waals surface area contributed by atoms with Crippen LogP contribution in [0.4, 0.5) is 11.4 Å². The van der Waals surface area contributed by atoms with Crippen LogP contribution in [0, 0.1) is 29.1 Å². The lowest BCUT2D eigenvalue weighted by Gasteiger charge is -2.55. The van der Waals surface area contributed by atoms with Crippen molar-refractivity contribution in [2.24, 2.45) is 29.1 Å². The first kappa shape index (κ1) is 25.2. The minimum Gasteiger partial charge on any atom is -0.379 e. The summed E-state index contributed by atoms with van der Waals surface area (Å²) in [5.74, 6) is 1.83. The molecule has 0 spiro atoms. The molecule has 0 aromatic heterocycles. The van der Waals surface area contributed by atoms with Crippen LogP contribution in [-0.2, 0) is 19.1 Å². The molecule has 8 heteroatoms. The van der Waals surface area contributed by atoms with Crippen molar-refractivity contribution < 1.29 is 19.1 Å². The van der Waals surface area contributed by atoms with Crippen LogP contribution in [-0.4, -0.2) is 61.5 Å². The van der Waals surface area contributed by atoms with Gasteiger partial charge >= 0.3 is 0 Å². The molecule has 8 nitrogen and oxygen atoms in total. The van der Waals surface area contributed by atoms with Crippen LogP contribution in [0.5, 0.6) is 0 Å². The smallest absolute Gasteiger partial charge is 0.247 e. The zero-order valence-corrected chi connectivity index (χ0v) is 21.6. The van der Waals surface area contributed by atoms with E-state index in [0.29, 0.717) is 48.9 Å². The van der Waals surface area contributed by atoms with Crippen LogP contribution in [0.2, 0.25) is 0 Å². The van der Waals surface area contributed by atoms with Crippen molar-refractivity contribution in [2.75, 3.05) is 43.5 Å². The van der Waals surface area contributed by atoms with Crippen LogP contribution < -0.4 is 16.0 Å². The number of carbonyl (C=O) groups excluding carboxylic acids is 3. The van der Waals surface area contributed by atoms with Gasteiger partial charge in [-0.1, -0.05) is 13.8 Å². The molecule has 1 aliphatic heterocycles. The Balaban J connectivity index is 1.15. The Morgan fingerprint density at radius 2 is 1.44 bits per heavy atom. The Morgan fingerprint density at radius 1 is 0.917 bits per heavy atom. The van der Waals surface area contributed by atoms with Gasteiger partial charge in [0.15, 0.2) is 0 Å². The molecule has 4 bridgehead atoms. The Bertz CT molecular complexity index is 935. The molecule has 1 unspecified atom stereocenters. The maximum Gasteiger partial charge on any atom is 0.247 e. The maximum atomic E-state index is 13.5. The van der Waals surface area contributed by atoms with E-state index in [4.69, 9.17) is 4.74 Å². The van der Waals surface area contributed by atoms with E-state index in [9.17, 15) is 14.4 Å². The van der Waals surface area contributed by atoms with Gasteiger partial charge < -0.3 is 20.7 Å². The van der Waals surface area contributed by atoms with Crippen LogP contribution in [0.1, 0.15) is 52.4 Å². The van der Waals surface area contributed by atoms with Gasteiger partial charge in [0.1, 0.15) is 6.04 Å². The third-order valence-electron chi connectivity index (χ3n) is 8.66. The van der Waals surface area contributed by atoms with Gasteiger partial charge in [0.05, 0.1) is 19.8 Å². The van der Waals surface area contributed by atoms with Gasteiger partial charge in [0.25, 0.3) is 0 Å². The highest BCUT2D eigenvalue weighted by Crippen LogP contribution is 2.60. The summed E-state index contributed by atoms with van der Waals surface area (Å²) in [7, 11) is 0. The molecule has 1 aromatic rings. The molecule has 1 aromatic carbocycles. The van der Waals surface area contributed by atoms with E-state index in [1.165, 1.54) is 19.3 Å². The summed E-state index contributed by atoms with van der Waals surface area (Å²) >= 11 is 0. The van der Waals surface area contributed by atoms with E-state index < -0.39 is 6.04 Å². The number of rotatable bonds is 8. The van der Waals surface area contributed by atoms with Crippen LogP contribution in [0.25, 0.3) is 0 Å². The van der Waals surface area contributed by atoms with Gasteiger partial charge in [-0.05, 0) is 86.5 Å². The molecule has 6 rings (SSSR count). The number of nitrogens with one attached hydrogen (secondary N) is 3. The van der Waals surface area contributed by atoms with Crippen molar-refractivity contribution in [3.63, 3.8) is 0 Å². The van der Waals surface area contributed by atoms with Gasteiger partial charge in [0, 0.05) is 29.9 Å². The number of benzene rings is 1. The normalized spacial score (nSPS) is 30.1. The predicted octanol–water partition coefficient (Wildman–Crippen LogP) is 3.25. The highest BCUT2D eigenvalue weighted by molar-refractivity contribution is 5.98. The fourth-order valence-corrected chi connectivity index (χ4v) is 7.24. The van der Waals surface area contributed by atoms with Gasteiger partial charge in [-0.15, -0.1) is 0 Å². The number of amides is 3. The van der Waals surface area contributed by atoms with E-state index in [-0.39, 0.29) is 29.1 Å². The maximum absolute atomic E-state index is 13.5. The first-order chi connectivity index (χ1) is 17.3. The van der Waals surface area contributed by atoms with E-state index in [1.807, 2.05) is 13.8 Å². The fourth-order valence-electron chi connectivity index (χ4n) is 7.24. The average molecular weight is 497 g/mol. The Labute approximate surface area is 213 Å². The van der Waals surface area contributed by atoms with Gasteiger partial charge in [-0.25, -0.2) is 0 Å². The van der Waals surface area contributed by atoms with E-state index in [0.717, 1.165) is 32.4 Å². The van der Waals surface area contributed by atoms with Crippen molar-refractivity contribution in [3.8, 4) is 0 Å². The molecule has 1 heterocycles. The molecule has 196 valence electrons. The topological polar surface area (TPSA) is 99.8 Å². The minimum absolute atomic E-state index is 0.0263. The SMILES string of the molecule is CC(C)C(NC(=O)C12CC3CC(CC(C3)C1)C2)C(=O)Nc1ccc(NC(=O)CN2CCOCC2)cc1. The van der Waals surface area contributed by atoms with Crippen molar-refractivity contribution in [3.05, 3.63) is 24.3 Å². The molecule has 3 amide bonds. The third kappa shape index (κ3) is 5.59. The lowest BCUT2D eigenvalue weighted by Crippen LogP contribution is -2.57. The number of nitrogens with zero attached hydrogens (tertiary/aromatic N) is 1. The molecule has 5 fully saturated rings. The quantitative estimate of drug-likeness (QED) is 0.513. The van der Waals surface area contributed by atoms with Gasteiger partial charge in [-0.2, -0.15) is 0 Å². The number of hydrogen-bond donors (Lipinski definition) is 3. The first-order valence-corrected chi connectivity index (χ1v) is 13.6. The summed E-state index contributed by atoms with van der Waals surface area (Å²) in [5, 5.41) is 9.02. The number of anilines is 2. The lowest BCUT2D eigenvalue weighted by molar-refractivity contribution is -0.148. The summed E-state index contributed by atoms with van der Waals surface area (Å²) in [6.07, 6.45) is 6.79. The van der Waals surface area contributed by atoms with E-state index in [1.54, 1.807) is 24.3 Å². The van der Waals surface area contributed by atoms with Gasteiger partial charge in [-0.3, -0.25) is 19.3 Å². The highest BCUT2D eigenvalue weighted by atomic mass is 16.5. The molecule has 36 heavy (non-hydrogen) atoms. The molecule has 1 atom stereocenters. The predicted molar refractivity (Wildman–Crippen MR) is 138 cm³/mol. The van der Waals surface area contributed by atoms with Crippen molar-refractivity contribution >= 4 is 29.1 Å². The molecule has 0 radical (unpaired) electrons. The van der Waals surface area contributed by atoms with Crippen molar-refractivity contribution in [1.29, 1.82) is 0 Å². The standard InChI is InChI=1S/C28H40N4O4/c1-18(2)25(31-27(35)28-14-19-11-20(15-28)13-21(12-19)16-28)26(34)30-23-5-3-22(4-6-23)29-24(33)17-32-7-9-36-10-8-32/h3-6,18-21,25H,7-17H2,1-2H3,(H,29,33)(H,30,34)(H,31,35). The monoisotopic (exact) mass is 496 g/mol. The summed E-state index contributed by atoms with van der Waals surface area (Å²) < 4.78 is 5.32. The molecular formula is C28H40N4O4. The highest BCUT2D eigenvalue weighted by Gasteiger charge is 2.55. The number of carbonyl (C=O) groups is 3. The Kier molecular flexibility index (Phi) is 7.35.